The Hall–Kier alpha value is -2.86. The average molecular weight is 339 g/mol. The van der Waals surface area contributed by atoms with E-state index in [1.165, 1.54) is 5.56 Å². The molecule has 2 aromatic heterocycles. The summed E-state index contributed by atoms with van der Waals surface area (Å²) in [5, 5.41) is 3.91. The highest BCUT2D eigenvalue weighted by Gasteiger charge is 2.18. The maximum Gasteiger partial charge on any atom is 0.276 e. The lowest BCUT2D eigenvalue weighted by Crippen LogP contribution is -2.26. The zero-order chi connectivity index (χ0) is 17.6. The molecule has 0 radical (unpaired) electrons. The molecule has 130 valence electrons. The number of carbonyl (C=O) groups excluding carboxylic acids is 1. The van der Waals surface area contributed by atoms with Gasteiger partial charge in [0.1, 0.15) is 0 Å². The second-order valence-corrected chi connectivity index (χ2v) is 6.13. The van der Waals surface area contributed by atoms with Crippen LogP contribution in [0.1, 0.15) is 27.4 Å². The lowest BCUT2D eigenvalue weighted by molar-refractivity contribution is 0.0774. The minimum atomic E-state index is -0.179. The van der Waals surface area contributed by atoms with Crippen LogP contribution in [0.4, 0.5) is 0 Å². The number of amides is 1. The van der Waals surface area contributed by atoms with Crippen LogP contribution in [-0.4, -0.2) is 35.0 Å². The minimum absolute atomic E-state index is 0.179. The van der Waals surface area contributed by atoms with Gasteiger partial charge in [-0.2, -0.15) is 0 Å². The van der Waals surface area contributed by atoms with E-state index in [1.807, 2.05) is 31.3 Å². The molecule has 0 aliphatic carbocycles. The average Bonchev–Trinajstić information content (AvgIpc) is 3.27. The summed E-state index contributed by atoms with van der Waals surface area (Å²) in [6.45, 7) is 1.84. The number of benzene rings is 1. The van der Waals surface area contributed by atoms with E-state index in [0.29, 0.717) is 24.5 Å². The first kappa shape index (κ1) is 17.0. The van der Waals surface area contributed by atoms with Crippen molar-refractivity contribution < 1.29 is 13.7 Å². The molecular formula is C19H21N3O3. The molecule has 0 N–H and O–H groups in total. The molecular weight excluding hydrogens is 318 g/mol. The Balaban J connectivity index is 1.57. The predicted octanol–water partition coefficient (Wildman–Crippen LogP) is 3.17. The Morgan fingerprint density at radius 2 is 1.84 bits per heavy atom. The van der Waals surface area contributed by atoms with Crippen LogP contribution in [0.25, 0.3) is 0 Å². The SMILES string of the molecule is CN(Cc1ccccc1)Cc1cc(C(=O)N(C)Cc2ccoc2)no1. The molecule has 0 spiro atoms. The minimum Gasteiger partial charge on any atom is -0.472 e. The van der Waals surface area contributed by atoms with Crippen molar-refractivity contribution in [1.29, 1.82) is 0 Å². The highest BCUT2D eigenvalue weighted by Crippen LogP contribution is 2.12. The molecule has 0 saturated heterocycles. The third-order valence-corrected chi connectivity index (χ3v) is 3.85. The van der Waals surface area contributed by atoms with Gasteiger partial charge >= 0.3 is 0 Å². The molecule has 1 aromatic carbocycles. The van der Waals surface area contributed by atoms with Gasteiger partial charge < -0.3 is 13.8 Å². The lowest BCUT2D eigenvalue weighted by Gasteiger charge is -2.14. The second-order valence-electron chi connectivity index (χ2n) is 6.13. The van der Waals surface area contributed by atoms with Crippen molar-refractivity contribution in [2.75, 3.05) is 14.1 Å². The molecule has 3 rings (SSSR count). The third-order valence-electron chi connectivity index (χ3n) is 3.85. The molecule has 3 aromatic rings. The molecule has 25 heavy (non-hydrogen) atoms. The Kier molecular flexibility index (Phi) is 5.30. The van der Waals surface area contributed by atoms with Crippen LogP contribution >= 0.6 is 0 Å². The van der Waals surface area contributed by atoms with E-state index in [1.54, 1.807) is 30.5 Å². The van der Waals surface area contributed by atoms with Crippen LogP contribution in [0.15, 0.2) is 63.9 Å². The van der Waals surface area contributed by atoms with Crippen LogP contribution in [0.5, 0.6) is 0 Å². The maximum absolute atomic E-state index is 12.4. The Bertz CT molecular complexity index is 796. The smallest absolute Gasteiger partial charge is 0.276 e. The largest absolute Gasteiger partial charge is 0.472 e. The summed E-state index contributed by atoms with van der Waals surface area (Å²) in [6, 6.07) is 13.7. The summed E-state index contributed by atoms with van der Waals surface area (Å²) in [7, 11) is 3.73. The van der Waals surface area contributed by atoms with Gasteiger partial charge in [-0.05, 0) is 18.7 Å². The topological polar surface area (TPSA) is 62.7 Å². The summed E-state index contributed by atoms with van der Waals surface area (Å²) in [5.41, 5.74) is 2.47. The van der Waals surface area contributed by atoms with E-state index < -0.39 is 0 Å². The highest BCUT2D eigenvalue weighted by molar-refractivity contribution is 5.92. The molecule has 6 nitrogen and oxygen atoms in total. The molecule has 2 heterocycles. The molecule has 0 aliphatic rings. The third kappa shape index (κ3) is 4.58. The molecule has 0 atom stereocenters. The summed E-state index contributed by atoms with van der Waals surface area (Å²) in [6.07, 6.45) is 3.21. The van der Waals surface area contributed by atoms with Gasteiger partial charge in [0.15, 0.2) is 11.5 Å². The summed E-state index contributed by atoms with van der Waals surface area (Å²) in [5.74, 6) is 0.486. The van der Waals surface area contributed by atoms with E-state index in [2.05, 4.69) is 22.2 Å². The van der Waals surface area contributed by atoms with Crippen molar-refractivity contribution >= 4 is 5.91 Å². The maximum atomic E-state index is 12.4. The predicted molar refractivity (Wildman–Crippen MR) is 92.6 cm³/mol. The monoisotopic (exact) mass is 339 g/mol. The number of carbonyl (C=O) groups is 1. The molecule has 0 fully saturated rings. The normalized spacial score (nSPS) is 11.0. The van der Waals surface area contributed by atoms with Gasteiger partial charge in [0.25, 0.3) is 5.91 Å². The van der Waals surface area contributed by atoms with Gasteiger partial charge in [-0.25, -0.2) is 0 Å². The van der Waals surface area contributed by atoms with Crippen LogP contribution in [0, 0.1) is 0 Å². The molecule has 0 aliphatic heterocycles. The molecule has 0 bridgehead atoms. The van der Waals surface area contributed by atoms with Crippen molar-refractivity contribution in [3.63, 3.8) is 0 Å². The first-order valence-corrected chi connectivity index (χ1v) is 8.06. The lowest BCUT2D eigenvalue weighted by atomic mass is 10.2. The summed E-state index contributed by atoms with van der Waals surface area (Å²) < 4.78 is 10.3. The van der Waals surface area contributed by atoms with Crippen LogP contribution in [0.3, 0.4) is 0 Å². The van der Waals surface area contributed by atoms with Gasteiger partial charge in [-0.3, -0.25) is 9.69 Å². The van der Waals surface area contributed by atoms with Crippen LogP contribution < -0.4 is 0 Å². The standard InChI is InChI=1S/C19H21N3O3/c1-21(11-15-6-4-3-5-7-15)13-17-10-18(20-25-17)19(23)22(2)12-16-8-9-24-14-16/h3-10,14H,11-13H2,1-2H3. The Labute approximate surface area is 146 Å². The number of aromatic nitrogens is 1. The van der Waals surface area contributed by atoms with Crippen molar-refractivity contribution in [3.05, 3.63) is 77.6 Å². The van der Waals surface area contributed by atoms with Gasteiger partial charge in [-0.15, -0.1) is 0 Å². The molecule has 6 heteroatoms. The number of furan rings is 1. The molecule has 1 amide bonds. The zero-order valence-electron chi connectivity index (χ0n) is 14.4. The molecule has 0 unspecified atom stereocenters. The quantitative estimate of drug-likeness (QED) is 0.661. The van der Waals surface area contributed by atoms with E-state index >= 15 is 0 Å². The second kappa shape index (κ2) is 7.81. The zero-order valence-corrected chi connectivity index (χ0v) is 14.4. The number of nitrogens with zero attached hydrogens (tertiary/aromatic N) is 3. The van der Waals surface area contributed by atoms with Crippen molar-refractivity contribution in [2.45, 2.75) is 19.6 Å². The van der Waals surface area contributed by atoms with Crippen LogP contribution in [0.2, 0.25) is 0 Å². The molecule has 0 saturated carbocycles. The summed E-state index contributed by atoms with van der Waals surface area (Å²) in [4.78, 5) is 16.1. The summed E-state index contributed by atoms with van der Waals surface area (Å²) >= 11 is 0. The fraction of sp³-hybridized carbons (Fsp3) is 0.263. The Morgan fingerprint density at radius 1 is 1.04 bits per heavy atom. The van der Waals surface area contributed by atoms with E-state index in [0.717, 1.165) is 12.1 Å². The highest BCUT2D eigenvalue weighted by atomic mass is 16.5. The van der Waals surface area contributed by atoms with Crippen LogP contribution in [-0.2, 0) is 19.6 Å². The van der Waals surface area contributed by atoms with E-state index in [4.69, 9.17) is 8.94 Å². The van der Waals surface area contributed by atoms with E-state index in [9.17, 15) is 4.79 Å². The van der Waals surface area contributed by atoms with Gasteiger partial charge in [-0.1, -0.05) is 35.5 Å². The van der Waals surface area contributed by atoms with Gasteiger partial charge in [0, 0.05) is 31.8 Å². The fourth-order valence-electron chi connectivity index (χ4n) is 2.63. The fourth-order valence-corrected chi connectivity index (χ4v) is 2.63. The van der Waals surface area contributed by atoms with E-state index in [-0.39, 0.29) is 5.91 Å². The number of rotatable bonds is 7. The van der Waals surface area contributed by atoms with Crippen molar-refractivity contribution in [1.82, 2.24) is 15.0 Å². The van der Waals surface area contributed by atoms with Crippen molar-refractivity contribution in [2.24, 2.45) is 0 Å². The van der Waals surface area contributed by atoms with Crippen molar-refractivity contribution in [3.8, 4) is 0 Å². The Morgan fingerprint density at radius 3 is 2.56 bits per heavy atom. The van der Waals surface area contributed by atoms with Gasteiger partial charge in [0.2, 0.25) is 0 Å². The first-order valence-electron chi connectivity index (χ1n) is 8.06. The number of hydrogen-bond acceptors (Lipinski definition) is 5. The number of hydrogen-bond donors (Lipinski definition) is 0. The first-order chi connectivity index (χ1) is 12.1. The van der Waals surface area contributed by atoms with Gasteiger partial charge in [0.05, 0.1) is 19.1 Å².